The number of pyridine rings is 1. The number of aliphatic hydroxyl groups excluding tert-OH is 2. The molecule has 1 aliphatic carbocycles. The summed E-state index contributed by atoms with van der Waals surface area (Å²) in [6.45, 7) is 1.27. The zero-order valence-corrected chi connectivity index (χ0v) is 21.7. The Hall–Kier alpha value is -3.68. The van der Waals surface area contributed by atoms with Crippen molar-refractivity contribution >= 4 is 23.3 Å². The fourth-order valence-corrected chi connectivity index (χ4v) is 5.41. The Morgan fingerprint density at radius 3 is 2.62 bits per heavy atom. The van der Waals surface area contributed by atoms with Crippen LogP contribution < -0.4 is 0 Å². The lowest BCUT2D eigenvalue weighted by Gasteiger charge is -2.39. The number of amides is 1. The van der Waals surface area contributed by atoms with Crippen molar-refractivity contribution in [3.05, 3.63) is 88.0 Å². The third-order valence-electron chi connectivity index (χ3n) is 7.28. The first kappa shape index (κ1) is 26.9. The molecule has 2 atom stereocenters. The molecule has 2 heterocycles. The van der Waals surface area contributed by atoms with Gasteiger partial charge >= 0.3 is 0 Å². The van der Waals surface area contributed by atoms with E-state index in [9.17, 15) is 25.1 Å². The molecule has 3 aromatic rings. The van der Waals surface area contributed by atoms with Gasteiger partial charge < -0.3 is 10.2 Å². The fourth-order valence-electron chi connectivity index (χ4n) is 5.29. The number of nitrogens with zero attached hydrogens (tertiary/aromatic N) is 3. The molecule has 0 saturated heterocycles. The van der Waals surface area contributed by atoms with Crippen LogP contribution in [0.25, 0.3) is 11.1 Å². The Balaban J connectivity index is 1.68. The van der Waals surface area contributed by atoms with Crippen LogP contribution in [0.3, 0.4) is 0 Å². The Labute approximate surface area is 229 Å². The lowest BCUT2D eigenvalue weighted by Crippen LogP contribution is -2.55. The molecule has 0 bridgehead atoms. The average molecular weight is 550 g/mol. The van der Waals surface area contributed by atoms with Crippen molar-refractivity contribution in [1.82, 2.24) is 10.0 Å². The van der Waals surface area contributed by atoms with E-state index in [0.29, 0.717) is 23.4 Å². The van der Waals surface area contributed by atoms with E-state index < -0.39 is 35.3 Å². The minimum absolute atomic E-state index is 0.00293. The Morgan fingerprint density at radius 1 is 1.26 bits per heavy atom. The summed E-state index contributed by atoms with van der Waals surface area (Å²) < 4.78 is 16.2. The Bertz CT molecular complexity index is 1480. The smallest absolute Gasteiger partial charge is 0.282 e. The summed E-state index contributed by atoms with van der Waals surface area (Å²) >= 11 is 5.99. The topological polar surface area (TPSA) is 124 Å². The first-order valence-electron chi connectivity index (χ1n) is 12.5. The van der Waals surface area contributed by atoms with Gasteiger partial charge in [-0.1, -0.05) is 41.9 Å². The highest BCUT2D eigenvalue weighted by Crippen LogP contribution is 2.46. The van der Waals surface area contributed by atoms with Crippen LogP contribution in [0.4, 0.5) is 4.39 Å². The van der Waals surface area contributed by atoms with Crippen LogP contribution in [0.2, 0.25) is 5.02 Å². The van der Waals surface area contributed by atoms with E-state index in [4.69, 9.17) is 16.4 Å². The van der Waals surface area contributed by atoms with Crippen LogP contribution in [0.15, 0.2) is 54.6 Å². The number of fused-ring (bicyclic) bond motifs is 1. The molecule has 1 amide bonds. The van der Waals surface area contributed by atoms with Gasteiger partial charge in [0.1, 0.15) is 23.7 Å². The third-order valence-corrected chi connectivity index (χ3v) is 7.54. The molecule has 0 radical (unpaired) electrons. The molecule has 8 nitrogen and oxygen atoms in total. The average Bonchev–Trinajstić information content (AvgIpc) is 3.14. The van der Waals surface area contributed by atoms with Gasteiger partial charge in [-0.25, -0.2) is 9.37 Å². The number of hydrogen-bond acceptors (Lipinski definition) is 7. The molecule has 2 aliphatic rings. The number of halogens is 2. The largest absolute Gasteiger partial charge is 0.393 e. The first-order chi connectivity index (χ1) is 18.6. The summed E-state index contributed by atoms with van der Waals surface area (Å²) in [6, 6.07) is 16.0. The SMILES string of the molecule is CC(O)C(=O)[C@@]1(Cc2cccc(C#N)n2)c2ccc(-c3ccc(Cl)cc3)c(F)c2C(=O)N1OCC1CC(O)C1. The van der Waals surface area contributed by atoms with Crippen LogP contribution in [-0.4, -0.2) is 50.8 Å². The van der Waals surface area contributed by atoms with Crippen molar-refractivity contribution in [3.63, 3.8) is 0 Å². The lowest BCUT2D eigenvalue weighted by molar-refractivity contribution is -0.205. The molecule has 2 aromatic carbocycles. The molecule has 1 fully saturated rings. The summed E-state index contributed by atoms with van der Waals surface area (Å²) in [6.07, 6.45) is -1.34. The quantitative estimate of drug-likeness (QED) is 0.436. The van der Waals surface area contributed by atoms with E-state index in [2.05, 4.69) is 4.98 Å². The number of Topliss-reactive ketones (excluding diaryl/α,β-unsaturated/α-hetero) is 1. The van der Waals surface area contributed by atoms with Crippen molar-refractivity contribution in [2.45, 2.75) is 43.9 Å². The number of carbonyl (C=O) groups excluding carboxylic acids is 2. The van der Waals surface area contributed by atoms with Crippen molar-refractivity contribution in [2.24, 2.45) is 5.92 Å². The Morgan fingerprint density at radius 2 is 1.97 bits per heavy atom. The minimum atomic E-state index is -1.95. The third kappa shape index (κ3) is 4.70. The van der Waals surface area contributed by atoms with Crippen LogP contribution in [0.5, 0.6) is 0 Å². The van der Waals surface area contributed by atoms with Crippen LogP contribution in [0.1, 0.15) is 47.1 Å². The lowest BCUT2D eigenvalue weighted by atomic mass is 9.79. The molecule has 1 unspecified atom stereocenters. The molecule has 200 valence electrons. The number of aromatic nitrogens is 1. The number of carbonyl (C=O) groups is 2. The first-order valence-corrected chi connectivity index (χ1v) is 12.9. The van der Waals surface area contributed by atoms with Crippen molar-refractivity contribution in [1.29, 1.82) is 5.26 Å². The second kappa shape index (κ2) is 10.5. The highest BCUT2D eigenvalue weighted by Gasteiger charge is 2.58. The fraction of sp³-hybridized carbons (Fsp3) is 0.310. The summed E-state index contributed by atoms with van der Waals surface area (Å²) in [7, 11) is 0. The van der Waals surface area contributed by atoms with E-state index in [-0.39, 0.29) is 47.0 Å². The second-order valence-corrected chi connectivity index (χ2v) is 10.4. The molecule has 5 rings (SSSR count). The number of rotatable bonds is 8. The molecular formula is C29H25ClFN3O5. The molecule has 2 N–H and O–H groups in total. The highest BCUT2D eigenvalue weighted by molar-refractivity contribution is 6.30. The molecule has 0 spiro atoms. The van der Waals surface area contributed by atoms with E-state index >= 15 is 4.39 Å². The summed E-state index contributed by atoms with van der Waals surface area (Å²) in [5.74, 6) is -2.56. The van der Waals surface area contributed by atoms with Gasteiger partial charge in [-0.05, 0) is 55.5 Å². The minimum Gasteiger partial charge on any atom is -0.393 e. The maximum Gasteiger partial charge on any atom is 0.282 e. The number of aliphatic hydroxyl groups is 2. The van der Waals surface area contributed by atoms with E-state index in [1.54, 1.807) is 36.4 Å². The molecule has 1 aromatic heterocycles. The monoisotopic (exact) mass is 549 g/mol. The van der Waals surface area contributed by atoms with Gasteiger partial charge in [0.2, 0.25) is 0 Å². The number of nitriles is 1. The van der Waals surface area contributed by atoms with E-state index in [1.165, 1.54) is 25.1 Å². The summed E-state index contributed by atoms with van der Waals surface area (Å²) in [4.78, 5) is 37.9. The second-order valence-electron chi connectivity index (χ2n) is 9.95. The number of hydrogen-bond donors (Lipinski definition) is 2. The van der Waals surface area contributed by atoms with Crippen molar-refractivity contribution in [3.8, 4) is 17.2 Å². The zero-order valence-electron chi connectivity index (χ0n) is 21.0. The standard InChI is InChI=1S/C29H25ClFN3O5/c1-16(35)27(37)29(13-20-3-2-4-21(14-32)33-20)24-10-9-23(18-5-7-19(30)8-6-18)26(31)25(24)28(38)34(29)39-15-17-11-22(36)12-17/h2-10,16-17,22,35-36H,11-13,15H2,1H3/t16?,17?,22?,29-/m1/s1. The molecule has 39 heavy (non-hydrogen) atoms. The number of hydroxylamine groups is 2. The highest BCUT2D eigenvalue weighted by atomic mass is 35.5. The van der Waals surface area contributed by atoms with Gasteiger partial charge in [0.25, 0.3) is 5.91 Å². The van der Waals surface area contributed by atoms with Gasteiger partial charge in [0, 0.05) is 28.3 Å². The van der Waals surface area contributed by atoms with Gasteiger partial charge in [-0.2, -0.15) is 10.3 Å². The van der Waals surface area contributed by atoms with Crippen molar-refractivity contribution in [2.75, 3.05) is 6.61 Å². The van der Waals surface area contributed by atoms with Crippen LogP contribution >= 0.6 is 11.6 Å². The van der Waals surface area contributed by atoms with E-state index in [1.807, 2.05) is 6.07 Å². The molecule has 1 aliphatic heterocycles. The maximum absolute atomic E-state index is 16.2. The summed E-state index contributed by atoms with van der Waals surface area (Å²) in [5.41, 5.74) is -1.29. The Kier molecular flexibility index (Phi) is 7.23. The molecule has 1 saturated carbocycles. The molecule has 10 heteroatoms. The van der Waals surface area contributed by atoms with Crippen LogP contribution in [-0.2, 0) is 21.6 Å². The van der Waals surface area contributed by atoms with Crippen LogP contribution in [0, 0.1) is 23.1 Å². The zero-order chi connectivity index (χ0) is 27.9. The summed E-state index contributed by atoms with van der Waals surface area (Å²) in [5, 5.41) is 30.8. The maximum atomic E-state index is 16.2. The predicted molar refractivity (Wildman–Crippen MR) is 139 cm³/mol. The van der Waals surface area contributed by atoms with Gasteiger partial charge in [0.05, 0.1) is 18.3 Å². The van der Waals surface area contributed by atoms with Gasteiger partial charge in [-0.15, -0.1) is 0 Å². The normalized spacial score (nSPS) is 22.7. The van der Waals surface area contributed by atoms with Gasteiger partial charge in [0.15, 0.2) is 11.3 Å². The van der Waals surface area contributed by atoms with E-state index in [0.717, 1.165) is 5.06 Å². The number of benzene rings is 2. The molecular weight excluding hydrogens is 525 g/mol. The predicted octanol–water partition coefficient (Wildman–Crippen LogP) is 3.96. The number of ketones is 1. The van der Waals surface area contributed by atoms with Crippen molar-refractivity contribution < 1.29 is 29.0 Å². The van der Waals surface area contributed by atoms with Gasteiger partial charge in [-0.3, -0.25) is 14.4 Å².